The van der Waals surface area contributed by atoms with Gasteiger partial charge in [-0.1, -0.05) is 30.3 Å². The highest BCUT2D eigenvalue weighted by atomic mass is 32.2. The van der Waals surface area contributed by atoms with Crippen LogP contribution in [0.25, 0.3) is 0 Å². The third-order valence-electron chi connectivity index (χ3n) is 5.70. The monoisotopic (exact) mass is 508 g/mol. The maximum atomic E-state index is 13.2. The van der Waals surface area contributed by atoms with Gasteiger partial charge in [0.15, 0.2) is 0 Å². The van der Waals surface area contributed by atoms with Crippen molar-refractivity contribution in [1.82, 2.24) is 15.5 Å². The van der Waals surface area contributed by atoms with Crippen LogP contribution in [0, 0.1) is 0 Å². The zero-order valence-corrected chi connectivity index (χ0v) is 20.3. The number of nitrogens with zero attached hydrogens (tertiary/aromatic N) is 1. The number of likely N-dealkylation sites (tertiary alicyclic amines) is 1. The number of nitrogens with two attached hydrogens (primary N) is 1. The van der Waals surface area contributed by atoms with Gasteiger partial charge in [0.2, 0.25) is 17.7 Å². The molecule has 3 amide bonds. The zero-order chi connectivity index (χ0) is 26.0. The number of carboxylic acid groups (broad SMARTS) is 2. The third-order valence-corrected chi connectivity index (χ3v) is 6.34. The van der Waals surface area contributed by atoms with E-state index in [0.717, 1.165) is 5.56 Å². The Morgan fingerprint density at radius 3 is 2.40 bits per heavy atom. The van der Waals surface area contributed by atoms with Crippen LogP contribution in [0.2, 0.25) is 0 Å². The van der Waals surface area contributed by atoms with E-state index in [1.807, 2.05) is 6.26 Å². The molecule has 6 N–H and O–H groups in total. The Hall–Kier alpha value is -3.12. The van der Waals surface area contributed by atoms with Gasteiger partial charge in [-0.2, -0.15) is 11.8 Å². The molecule has 0 aliphatic carbocycles. The van der Waals surface area contributed by atoms with Gasteiger partial charge in [0, 0.05) is 13.0 Å². The molecule has 192 valence electrons. The van der Waals surface area contributed by atoms with Gasteiger partial charge in [0.05, 0.1) is 12.5 Å². The van der Waals surface area contributed by atoms with Crippen molar-refractivity contribution in [1.29, 1.82) is 0 Å². The van der Waals surface area contributed by atoms with Gasteiger partial charge in [-0.25, -0.2) is 4.79 Å². The largest absolute Gasteiger partial charge is 0.481 e. The molecule has 12 heteroatoms. The van der Waals surface area contributed by atoms with Crippen molar-refractivity contribution in [3.8, 4) is 0 Å². The summed E-state index contributed by atoms with van der Waals surface area (Å²) in [5.74, 6) is -3.90. The number of nitrogens with one attached hydrogen (secondary N) is 2. The molecule has 1 heterocycles. The summed E-state index contributed by atoms with van der Waals surface area (Å²) in [5.41, 5.74) is 6.56. The Morgan fingerprint density at radius 1 is 1.11 bits per heavy atom. The Kier molecular flexibility index (Phi) is 11.0. The Balaban J connectivity index is 2.11. The van der Waals surface area contributed by atoms with E-state index in [0.29, 0.717) is 18.6 Å². The van der Waals surface area contributed by atoms with Gasteiger partial charge in [-0.15, -0.1) is 0 Å². The highest BCUT2D eigenvalue weighted by Gasteiger charge is 2.39. The minimum absolute atomic E-state index is 0.0637. The predicted molar refractivity (Wildman–Crippen MR) is 130 cm³/mol. The van der Waals surface area contributed by atoms with Crippen LogP contribution >= 0.6 is 11.8 Å². The summed E-state index contributed by atoms with van der Waals surface area (Å²) < 4.78 is 0. The van der Waals surface area contributed by atoms with Crippen molar-refractivity contribution < 1.29 is 34.2 Å². The lowest BCUT2D eigenvalue weighted by atomic mass is 10.0. The molecule has 0 aromatic heterocycles. The van der Waals surface area contributed by atoms with E-state index in [1.54, 1.807) is 30.3 Å². The lowest BCUT2D eigenvalue weighted by molar-refractivity contribution is -0.147. The van der Waals surface area contributed by atoms with E-state index < -0.39 is 60.2 Å². The van der Waals surface area contributed by atoms with Crippen LogP contribution in [0.3, 0.4) is 0 Å². The van der Waals surface area contributed by atoms with Gasteiger partial charge in [0.25, 0.3) is 0 Å². The molecule has 1 aliphatic rings. The number of aliphatic carboxylic acids is 2. The van der Waals surface area contributed by atoms with Crippen LogP contribution in [0.15, 0.2) is 30.3 Å². The van der Waals surface area contributed by atoms with Crippen molar-refractivity contribution in [3.05, 3.63) is 35.9 Å². The average molecular weight is 509 g/mol. The fourth-order valence-electron chi connectivity index (χ4n) is 3.85. The summed E-state index contributed by atoms with van der Waals surface area (Å²) >= 11 is 1.50. The molecule has 1 fully saturated rings. The van der Waals surface area contributed by atoms with Crippen molar-refractivity contribution in [3.63, 3.8) is 0 Å². The second-order valence-corrected chi connectivity index (χ2v) is 9.31. The first-order valence-corrected chi connectivity index (χ1v) is 12.7. The molecule has 4 unspecified atom stereocenters. The Morgan fingerprint density at radius 2 is 1.80 bits per heavy atom. The highest BCUT2D eigenvalue weighted by molar-refractivity contribution is 7.98. The van der Waals surface area contributed by atoms with Crippen LogP contribution in [0.5, 0.6) is 0 Å². The number of hydrogen-bond donors (Lipinski definition) is 5. The van der Waals surface area contributed by atoms with Gasteiger partial charge >= 0.3 is 11.9 Å². The van der Waals surface area contributed by atoms with Crippen LogP contribution in [-0.4, -0.2) is 87.5 Å². The summed E-state index contributed by atoms with van der Waals surface area (Å²) in [7, 11) is 0. The molecule has 0 spiro atoms. The normalized spacial score (nSPS) is 17.8. The van der Waals surface area contributed by atoms with Crippen molar-refractivity contribution in [2.24, 2.45) is 5.73 Å². The second kappa shape index (κ2) is 13.7. The number of benzene rings is 1. The van der Waals surface area contributed by atoms with Crippen LogP contribution < -0.4 is 16.4 Å². The lowest BCUT2D eigenvalue weighted by Crippen LogP contribution is -2.57. The molecule has 0 radical (unpaired) electrons. The number of rotatable bonds is 13. The summed E-state index contributed by atoms with van der Waals surface area (Å²) in [4.78, 5) is 62.9. The first-order chi connectivity index (χ1) is 16.6. The fraction of sp³-hybridized carbons (Fsp3) is 0.522. The summed E-state index contributed by atoms with van der Waals surface area (Å²) in [6.07, 6.45) is 2.37. The van der Waals surface area contributed by atoms with E-state index in [-0.39, 0.29) is 19.4 Å². The maximum Gasteiger partial charge on any atom is 0.326 e. The van der Waals surface area contributed by atoms with Crippen molar-refractivity contribution in [2.75, 3.05) is 18.6 Å². The number of carbonyl (C=O) groups is 5. The molecular formula is C23H32N4O7S. The molecule has 2 rings (SSSR count). The maximum absolute atomic E-state index is 13.2. The van der Waals surface area contributed by atoms with Crippen LogP contribution in [0.4, 0.5) is 0 Å². The second-order valence-electron chi connectivity index (χ2n) is 8.33. The standard InChI is InChI=1S/C23H32N4O7S/c1-35-11-9-15(24)20(30)25-16(13-19(28)29)22(32)27-10-5-8-18(27)21(31)26-17(23(33)34)12-14-6-3-2-4-7-14/h2-4,6-7,15-18H,5,8-13,24H2,1H3,(H,25,30)(H,26,31)(H,28,29)(H,33,34). The van der Waals surface area contributed by atoms with E-state index in [1.165, 1.54) is 16.7 Å². The molecule has 1 aliphatic heterocycles. The first kappa shape index (κ1) is 28.1. The smallest absolute Gasteiger partial charge is 0.326 e. The topological polar surface area (TPSA) is 179 Å². The number of thioether (sulfide) groups is 1. The van der Waals surface area contributed by atoms with Gasteiger partial charge in [-0.05, 0) is 36.8 Å². The van der Waals surface area contributed by atoms with Gasteiger partial charge in [0.1, 0.15) is 18.1 Å². The molecule has 1 aromatic carbocycles. The predicted octanol–water partition coefficient (Wildman–Crippen LogP) is -0.171. The van der Waals surface area contributed by atoms with E-state index in [9.17, 15) is 34.2 Å². The number of hydrogen-bond acceptors (Lipinski definition) is 7. The minimum atomic E-state index is -1.40. The van der Waals surface area contributed by atoms with Crippen LogP contribution in [0.1, 0.15) is 31.2 Å². The number of amides is 3. The quantitative estimate of drug-likeness (QED) is 0.242. The average Bonchev–Trinajstić information content (AvgIpc) is 3.31. The summed E-state index contributed by atoms with van der Waals surface area (Å²) in [6, 6.07) is 4.33. The molecule has 0 bridgehead atoms. The van der Waals surface area contributed by atoms with Crippen molar-refractivity contribution >= 4 is 41.4 Å². The number of carbonyl (C=O) groups excluding carboxylic acids is 3. The van der Waals surface area contributed by atoms with E-state index >= 15 is 0 Å². The van der Waals surface area contributed by atoms with Crippen molar-refractivity contribution in [2.45, 2.75) is 56.3 Å². The molecule has 0 saturated carbocycles. The lowest BCUT2D eigenvalue weighted by Gasteiger charge is -2.29. The van der Waals surface area contributed by atoms with E-state index in [2.05, 4.69) is 10.6 Å². The van der Waals surface area contributed by atoms with Gasteiger partial charge in [-0.3, -0.25) is 19.2 Å². The summed E-state index contributed by atoms with van der Waals surface area (Å²) in [5, 5.41) is 23.8. The fourth-order valence-corrected chi connectivity index (χ4v) is 4.34. The zero-order valence-electron chi connectivity index (χ0n) is 19.5. The molecular weight excluding hydrogens is 476 g/mol. The number of carboxylic acids is 2. The molecule has 1 saturated heterocycles. The Bertz CT molecular complexity index is 914. The SMILES string of the molecule is CSCCC(N)C(=O)NC(CC(=O)O)C(=O)N1CCCC1C(=O)NC(Cc1ccccc1)C(=O)O. The first-order valence-electron chi connectivity index (χ1n) is 11.3. The third kappa shape index (κ3) is 8.55. The Labute approximate surface area is 207 Å². The van der Waals surface area contributed by atoms with E-state index in [4.69, 9.17) is 5.73 Å². The molecule has 1 aromatic rings. The molecule has 11 nitrogen and oxygen atoms in total. The summed E-state index contributed by atoms with van der Waals surface area (Å²) in [6.45, 7) is 0.178. The minimum Gasteiger partial charge on any atom is -0.481 e. The highest BCUT2D eigenvalue weighted by Crippen LogP contribution is 2.20. The molecule has 4 atom stereocenters. The van der Waals surface area contributed by atoms with Crippen LogP contribution in [-0.2, 0) is 30.4 Å². The molecule has 35 heavy (non-hydrogen) atoms. The van der Waals surface area contributed by atoms with Gasteiger partial charge < -0.3 is 31.5 Å².